The largest absolute Gasteiger partial charge is 0.463 e. The first-order valence-corrected chi connectivity index (χ1v) is 11.6. The maximum absolute atomic E-state index is 13.1. The summed E-state index contributed by atoms with van der Waals surface area (Å²) in [6.07, 6.45) is 1.65. The number of urea groups is 1. The highest BCUT2D eigenvalue weighted by Gasteiger charge is 2.31. The number of hydrogen-bond acceptors (Lipinski definition) is 7. The summed E-state index contributed by atoms with van der Waals surface area (Å²) in [7, 11) is 0. The van der Waals surface area contributed by atoms with E-state index >= 15 is 0 Å². The van der Waals surface area contributed by atoms with Crippen LogP contribution in [0.3, 0.4) is 0 Å². The summed E-state index contributed by atoms with van der Waals surface area (Å²) in [5.74, 6) is -1.19. The van der Waals surface area contributed by atoms with Crippen LogP contribution < -0.4 is 10.6 Å². The van der Waals surface area contributed by atoms with Gasteiger partial charge in [0.25, 0.3) is 0 Å². The van der Waals surface area contributed by atoms with Crippen LogP contribution in [0.5, 0.6) is 0 Å². The van der Waals surface area contributed by atoms with Gasteiger partial charge < -0.3 is 20.1 Å². The van der Waals surface area contributed by atoms with E-state index in [-0.39, 0.29) is 24.5 Å². The Kier molecular flexibility index (Phi) is 7.07. The molecule has 34 heavy (non-hydrogen) atoms. The summed E-state index contributed by atoms with van der Waals surface area (Å²) in [4.78, 5) is 38.3. The molecular formula is C24H24N4O5S. The molecule has 2 aromatic heterocycles. The number of carbonyl (C=O) groups excluding carboxylic acids is 3. The zero-order valence-corrected chi connectivity index (χ0v) is 19.6. The molecule has 0 aliphatic carbocycles. The monoisotopic (exact) mass is 480 g/mol. The quantitative estimate of drug-likeness (QED) is 0.479. The predicted octanol–water partition coefficient (Wildman–Crippen LogP) is 3.34. The number of ether oxygens (including phenoxy) is 2. The standard InChI is InChI=1S/C24H24N4O5S/c1-3-32-23(30)20-15(2)25-24(31)26-18(20)14-33-22(29)17-13-28(12-16-8-5-4-6-9-16)27-21(17)19-10-7-11-34-19/h4-11,13,15H,3,12,14H2,1-2H3,(H2,25,26,31). The Morgan fingerprint density at radius 1 is 1.12 bits per heavy atom. The number of carbonyl (C=O) groups is 3. The second-order valence-corrected chi connectivity index (χ2v) is 8.51. The predicted molar refractivity (Wildman–Crippen MR) is 126 cm³/mol. The van der Waals surface area contributed by atoms with Crippen molar-refractivity contribution < 1.29 is 23.9 Å². The van der Waals surface area contributed by atoms with E-state index in [1.807, 2.05) is 47.8 Å². The molecule has 0 bridgehead atoms. The molecule has 1 aliphatic heterocycles. The van der Waals surface area contributed by atoms with Gasteiger partial charge in [0.05, 0.1) is 35.3 Å². The van der Waals surface area contributed by atoms with Gasteiger partial charge in [-0.25, -0.2) is 14.4 Å². The van der Waals surface area contributed by atoms with Crippen LogP contribution in [0.2, 0.25) is 0 Å². The average molecular weight is 481 g/mol. The lowest BCUT2D eigenvalue weighted by Gasteiger charge is -2.26. The molecule has 4 rings (SSSR count). The number of hydrogen-bond donors (Lipinski definition) is 2. The molecule has 3 aromatic rings. The van der Waals surface area contributed by atoms with Gasteiger partial charge in [-0.1, -0.05) is 36.4 Å². The Morgan fingerprint density at radius 2 is 1.91 bits per heavy atom. The molecule has 0 saturated heterocycles. The van der Waals surface area contributed by atoms with Crippen molar-refractivity contribution in [1.82, 2.24) is 20.4 Å². The van der Waals surface area contributed by atoms with Crippen molar-refractivity contribution >= 4 is 29.3 Å². The van der Waals surface area contributed by atoms with E-state index in [4.69, 9.17) is 9.47 Å². The first kappa shape index (κ1) is 23.2. The summed E-state index contributed by atoms with van der Waals surface area (Å²) < 4.78 is 12.3. The minimum absolute atomic E-state index is 0.181. The number of benzene rings is 1. The number of nitrogens with zero attached hydrogens (tertiary/aromatic N) is 2. The van der Waals surface area contributed by atoms with Crippen molar-refractivity contribution in [3.05, 3.63) is 76.4 Å². The lowest BCUT2D eigenvalue weighted by molar-refractivity contribution is -0.139. The highest BCUT2D eigenvalue weighted by atomic mass is 32.1. The second kappa shape index (κ2) is 10.3. The van der Waals surface area contributed by atoms with E-state index < -0.39 is 24.0 Å². The molecule has 0 radical (unpaired) electrons. The summed E-state index contributed by atoms with van der Waals surface area (Å²) in [6, 6.07) is 12.5. The summed E-state index contributed by atoms with van der Waals surface area (Å²) >= 11 is 1.46. The lowest BCUT2D eigenvalue weighted by Crippen LogP contribution is -2.50. The van der Waals surface area contributed by atoms with Crippen molar-refractivity contribution in [2.45, 2.75) is 26.4 Å². The van der Waals surface area contributed by atoms with E-state index in [1.54, 1.807) is 24.7 Å². The third-order valence-electron chi connectivity index (χ3n) is 5.14. The first-order chi connectivity index (χ1) is 16.5. The van der Waals surface area contributed by atoms with Crippen LogP contribution in [0, 0.1) is 0 Å². The maximum atomic E-state index is 13.1. The van der Waals surface area contributed by atoms with Crippen LogP contribution in [0.15, 0.2) is 65.3 Å². The number of esters is 2. The fraction of sp³-hybridized carbons (Fsp3) is 0.250. The van der Waals surface area contributed by atoms with Crippen LogP contribution in [-0.4, -0.2) is 47.0 Å². The molecule has 2 amide bonds. The molecule has 0 saturated carbocycles. The van der Waals surface area contributed by atoms with Crippen LogP contribution in [0.4, 0.5) is 4.79 Å². The van der Waals surface area contributed by atoms with Gasteiger partial charge >= 0.3 is 18.0 Å². The van der Waals surface area contributed by atoms with Gasteiger partial charge in [-0.3, -0.25) is 4.68 Å². The minimum atomic E-state index is -0.612. The first-order valence-electron chi connectivity index (χ1n) is 10.8. The van der Waals surface area contributed by atoms with Gasteiger partial charge in [-0.05, 0) is 30.9 Å². The van der Waals surface area contributed by atoms with Crippen LogP contribution in [0.1, 0.15) is 29.8 Å². The summed E-state index contributed by atoms with van der Waals surface area (Å²) in [6.45, 7) is 3.73. The van der Waals surface area contributed by atoms with Gasteiger partial charge in [-0.2, -0.15) is 5.10 Å². The molecule has 3 heterocycles. The Labute approximate surface area is 200 Å². The average Bonchev–Trinajstić information content (AvgIpc) is 3.48. The van der Waals surface area contributed by atoms with Gasteiger partial charge in [0.2, 0.25) is 0 Å². The smallest absolute Gasteiger partial charge is 0.342 e. The summed E-state index contributed by atoms with van der Waals surface area (Å²) in [5, 5.41) is 11.7. The summed E-state index contributed by atoms with van der Waals surface area (Å²) in [5.41, 5.74) is 2.26. The lowest BCUT2D eigenvalue weighted by atomic mass is 10.0. The van der Waals surface area contributed by atoms with Crippen molar-refractivity contribution in [3.63, 3.8) is 0 Å². The minimum Gasteiger partial charge on any atom is -0.463 e. The van der Waals surface area contributed by atoms with Gasteiger partial charge in [-0.15, -0.1) is 11.3 Å². The number of rotatable bonds is 8. The van der Waals surface area contributed by atoms with Crippen LogP contribution in [-0.2, 0) is 20.8 Å². The highest BCUT2D eigenvalue weighted by molar-refractivity contribution is 7.13. The maximum Gasteiger partial charge on any atom is 0.342 e. The molecule has 0 fully saturated rings. The Bertz CT molecular complexity index is 1220. The van der Waals surface area contributed by atoms with Crippen molar-refractivity contribution in [1.29, 1.82) is 0 Å². The van der Waals surface area contributed by atoms with E-state index in [2.05, 4.69) is 15.7 Å². The fourth-order valence-electron chi connectivity index (χ4n) is 3.63. The van der Waals surface area contributed by atoms with E-state index in [0.717, 1.165) is 10.4 Å². The van der Waals surface area contributed by atoms with Gasteiger partial charge in [0, 0.05) is 6.20 Å². The molecule has 1 aliphatic rings. The number of amides is 2. The van der Waals surface area contributed by atoms with E-state index in [1.165, 1.54) is 11.3 Å². The molecule has 0 spiro atoms. The zero-order chi connectivity index (χ0) is 24.1. The van der Waals surface area contributed by atoms with Gasteiger partial charge in [0.1, 0.15) is 17.9 Å². The Hall–Kier alpha value is -3.92. The fourth-order valence-corrected chi connectivity index (χ4v) is 4.35. The second-order valence-electron chi connectivity index (χ2n) is 7.56. The topological polar surface area (TPSA) is 112 Å². The normalized spacial score (nSPS) is 15.5. The van der Waals surface area contributed by atoms with Crippen molar-refractivity contribution in [3.8, 4) is 10.6 Å². The molecule has 1 aromatic carbocycles. The van der Waals surface area contributed by atoms with Crippen LogP contribution >= 0.6 is 11.3 Å². The van der Waals surface area contributed by atoms with E-state index in [0.29, 0.717) is 17.8 Å². The third-order valence-corrected chi connectivity index (χ3v) is 6.01. The molecule has 1 unspecified atom stereocenters. The van der Waals surface area contributed by atoms with Gasteiger partial charge in [0.15, 0.2) is 0 Å². The van der Waals surface area contributed by atoms with Crippen molar-refractivity contribution in [2.24, 2.45) is 0 Å². The van der Waals surface area contributed by atoms with Crippen molar-refractivity contribution in [2.75, 3.05) is 13.2 Å². The number of nitrogens with one attached hydrogen (secondary N) is 2. The molecule has 2 N–H and O–H groups in total. The molecule has 1 atom stereocenters. The zero-order valence-electron chi connectivity index (χ0n) is 18.7. The van der Waals surface area contributed by atoms with E-state index in [9.17, 15) is 14.4 Å². The highest BCUT2D eigenvalue weighted by Crippen LogP contribution is 2.28. The molecular weight excluding hydrogens is 456 g/mol. The Morgan fingerprint density at radius 3 is 2.62 bits per heavy atom. The molecule has 176 valence electrons. The SMILES string of the molecule is CCOC(=O)C1=C(COC(=O)c2cn(Cc3ccccc3)nc2-c2cccs2)NC(=O)NC1C. The Balaban J connectivity index is 1.59. The van der Waals surface area contributed by atoms with Crippen LogP contribution in [0.25, 0.3) is 10.6 Å². The number of aromatic nitrogens is 2. The third kappa shape index (κ3) is 5.18. The molecule has 9 nitrogen and oxygen atoms in total. The molecule has 10 heteroatoms. The number of thiophene rings is 1.